The lowest BCUT2D eigenvalue weighted by molar-refractivity contribution is -0.136. The van der Waals surface area contributed by atoms with E-state index in [2.05, 4.69) is 5.32 Å². The fraction of sp³-hybridized carbons (Fsp3) is 0.500. The molecule has 5 heteroatoms. The van der Waals surface area contributed by atoms with Gasteiger partial charge in [-0.1, -0.05) is 12.1 Å². The normalized spacial score (nSPS) is 14.0. The van der Waals surface area contributed by atoms with Crippen LogP contribution in [0.5, 0.6) is 0 Å². The molecule has 2 rings (SSSR count). The van der Waals surface area contributed by atoms with Crippen LogP contribution in [-0.2, 0) is 11.2 Å². The first-order chi connectivity index (χ1) is 9.95. The molecule has 0 unspecified atom stereocenters. The molecule has 5 nitrogen and oxygen atoms in total. The first kappa shape index (κ1) is 15.4. The Kier molecular flexibility index (Phi) is 4.83. The van der Waals surface area contributed by atoms with E-state index in [0.29, 0.717) is 11.6 Å². The molecule has 1 aromatic carbocycles. The zero-order chi connectivity index (χ0) is 15.4. The molecule has 0 aliphatic heterocycles. The van der Waals surface area contributed by atoms with E-state index in [1.807, 2.05) is 18.7 Å². The fourth-order valence-electron chi connectivity index (χ4n) is 2.18. The smallest absolute Gasteiger partial charge is 0.322 e. The molecule has 2 N–H and O–H groups in total. The lowest BCUT2D eigenvalue weighted by Gasteiger charge is -2.27. The number of benzene rings is 1. The number of amides is 2. The van der Waals surface area contributed by atoms with E-state index in [-0.39, 0.29) is 18.5 Å². The summed E-state index contributed by atoms with van der Waals surface area (Å²) in [6, 6.07) is 7.01. The summed E-state index contributed by atoms with van der Waals surface area (Å²) < 4.78 is 0. The van der Waals surface area contributed by atoms with Gasteiger partial charge in [-0.05, 0) is 50.3 Å². The largest absolute Gasteiger partial charge is 0.481 e. The van der Waals surface area contributed by atoms with Crippen molar-refractivity contribution in [3.8, 4) is 0 Å². The molecule has 0 bridgehead atoms. The van der Waals surface area contributed by atoms with E-state index in [9.17, 15) is 9.59 Å². The molecular weight excluding hydrogens is 268 g/mol. The van der Waals surface area contributed by atoms with Gasteiger partial charge in [-0.25, -0.2) is 4.79 Å². The Labute approximate surface area is 125 Å². The van der Waals surface area contributed by atoms with Crippen molar-refractivity contribution in [1.29, 1.82) is 0 Å². The Morgan fingerprint density at radius 2 is 1.90 bits per heavy atom. The summed E-state index contributed by atoms with van der Waals surface area (Å²) in [4.78, 5) is 24.8. The van der Waals surface area contributed by atoms with Crippen LogP contribution in [0.15, 0.2) is 24.3 Å². The van der Waals surface area contributed by atoms with Crippen molar-refractivity contribution in [2.75, 3.05) is 11.9 Å². The minimum Gasteiger partial charge on any atom is -0.481 e. The van der Waals surface area contributed by atoms with E-state index >= 15 is 0 Å². The third-order valence-corrected chi connectivity index (χ3v) is 3.60. The zero-order valence-electron chi connectivity index (χ0n) is 12.5. The number of hydrogen-bond acceptors (Lipinski definition) is 2. The molecule has 1 aromatic rings. The van der Waals surface area contributed by atoms with Gasteiger partial charge in [-0.2, -0.15) is 0 Å². The zero-order valence-corrected chi connectivity index (χ0v) is 12.5. The molecule has 0 heterocycles. The Morgan fingerprint density at radius 3 is 2.38 bits per heavy atom. The Bertz CT molecular complexity index is 507. The number of nitrogens with one attached hydrogen (secondary N) is 1. The summed E-state index contributed by atoms with van der Waals surface area (Å²) in [5, 5.41) is 11.6. The van der Waals surface area contributed by atoms with Crippen molar-refractivity contribution < 1.29 is 14.7 Å². The molecule has 2 amide bonds. The Morgan fingerprint density at radius 1 is 1.29 bits per heavy atom. The summed E-state index contributed by atoms with van der Waals surface area (Å²) in [5.74, 6) is -0.210. The second-order valence-corrected chi connectivity index (χ2v) is 5.89. The summed E-state index contributed by atoms with van der Waals surface area (Å²) in [7, 11) is 0. The lowest BCUT2D eigenvalue weighted by atomic mass is 10.1. The number of hydrogen-bond donors (Lipinski definition) is 2. The van der Waals surface area contributed by atoms with Crippen molar-refractivity contribution in [3.63, 3.8) is 0 Å². The summed E-state index contributed by atoms with van der Waals surface area (Å²) >= 11 is 0. The molecule has 0 spiro atoms. The lowest BCUT2D eigenvalue weighted by Crippen LogP contribution is -2.41. The topological polar surface area (TPSA) is 69.6 Å². The van der Waals surface area contributed by atoms with Gasteiger partial charge < -0.3 is 15.3 Å². The predicted molar refractivity (Wildman–Crippen MR) is 81.4 cm³/mol. The highest BCUT2D eigenvalue weighted by Crippen LogP contribution is 2.30. The highest BCUT2D eigenvalue weighted by Gasteiger charge is 2.28. The SMILES string of the molecule is CC(C)N(CC1CC1)C(=O)Nc1ccc(CC(=O)O)cc1. The molecule has 1 fully saturated rings. The van der Waals surface area contributed by atoms with E-state index in [0.717, 1.165) is 12.1 Å². The van der Waals surface area contributed by atoms with Gasteiger partial charge in [0.25, 0.3) is 0 Å². The second kappa shape index (κ2) is 6.61. The number of carbonyl (C=O) groups is 2. The van der Waals surface area contributed by atoms with Gasteiger partial charge in [-0.3, -0.25) is 4.79 Å². The van der Waals surface area contributed by atoms with Gasteiger partial charge in [0.15, 0.2) is 0 Å². The standard InChI is InChI=1S/C16H22N2O3/c1-11(2)18(10-13-3-4-13)16(21)17-14-7-5-12(6-8-14)9-15(19)20/h5-8,11,13H,3-4,9-10H2,1-2H3,(H,17,21)(H,19,20). The van der Waals surface area contributed by atoms with Gasteiger partial charge in [0.05, 0.1) is 6.42 Å². The minimum atomic E-state index is -0.859. The summed E-state index contributed by atoms with van der Waals surface area (Å²) in [5.41, 5.74) is 1.41. The van der Waals surface area contributed by atoms with Crippen molar-refractivity contribution in [1.82, 2.24) is 4.90 Å². The molecule has 1 saturated carbocycles. The number of carbonyl (C=O) groups excluding carboxylic acids is 1. The van der Waals surface area contributed by atoms with Crippen LogP contribution >= 0.6 is 0 Å². The second-order valence-electron chi connectivity index (χ2n) is 5.89. The van der Waals surface area contributed by atoms with Gasteiger partial charge in [0.1, 0.15) is 0 Å². The van der Waals surface area contributed by atoms with E-state index < -0.39 is 5.97 Å². The number of nitrogens with zero attached hydrogens (tertiary/aromatic N) is 1. The number of rotatable bonds is 6. The monoisotopic (exact) mass is 290 g/mol. The maximum absolute atomic E-state index is 12.3. The van der Waals surface area contributed by atoms with Crippen LogP contribution in [0.4, 0.5) is 10.5 Å². The van der Waals surface area contributed by atoms with Gasteiger partial charge in [0.2, 0.25) is 0 Å². The molecule has 0 aromatic heterocycles. The molecule has 0 radical (unpaired) electrons. The van der Waals surface area contributed by atoms with Crippen LogP contribution in [0.1, 0.15) is 32.3 Å². The number of urea groups is 1. The quantitative estimate of drug-likeness (QED) is 0.846. The van der Waals surface area contributed by atoms with Crippen LogP contribution in [0.2, 0.25) is 0 Å². The maximum atomic E-state index is 12.3. The average molecular weight is 290 g/mol. The first-order valence-corrected chi connectivity index (χ1v) is 7.34. The molecule has 114 valence electrons. The first-order valence-electron chi connectivity index (χ1n) is 7.34. The summed E-state index contributed by atoms with van der Waals surface area (Å²) in [6.45, 7) is 4.83. The predicted octanol–water partition coefficient (Wildman–Crippen LogP) is 2.97. The van der Waals surface area contributed by atoms with Gasteiger partial charge >= 0.3 is 12.0 Å². The van der Waals surface area contributed by atoms with Gasteiger partial charge in [-0.15, -0.1) is 0 Å². The molecule has 0 atom stereocenters. The highest BCUT2D eigenvalue weighted by molar-refractivity contribution is 5.89. The van der Waals surface area contributed by atoms with Crippen LogP contribution in [0.3, 0.4) is 0 Å². The van der Waals surface area contributed by atoms with Crippen LogP contribution in [0.25, 0.3) is 0 Å². The van der Waals surface area contributed by atoms with Crippen molar-refractivity contribution >= 4 is 17.7 Å². The third-order valence-electron chi connectivity index (χ3n) is 3.60. The van der Waals surface area contributed by atoms with Crippen molar-refractivity contribution in [3.05, 3.63) is 29.8 Å². The average Bonchev–Trinajstić information content (AvgIpc) is 3.21. The Balaban J connectivity index is 1.95. The molecule has 1 aliphatic rings. The maximum Gasteiger partial charge on any atom is 0.322 e. The minimum absolute atomic E-state index is 0.00593. The van der Waals surface area contributed by atoms with Crippen LogP contribution in [-0.4, -0.2) is 34.6 Å². The van der Waals surface area contributed by atoms with Gasteiger partial charge in [0, 0.05) is 18.3 Å². The van der Waals surface area contributed by atoms with Crippen molar-refractivity contribution in [2.24, 2.45) is 5.92 Å². The number of anilines is 1. The van der Waals surface area contributed by atoms with E-state index in [1.54, 1.807) is 24.3 Å². The molecule has 21 heavy (non-hydrogen) atoms. The van der Waals surface area contributed by atoms with Crippen LogP contribution in [0, 0.1) is 5.92 Å². The molecule has 0 saturated heterocycles. The number of carboxylic acid groups (broad SMARTS) is 1. The molecular formula is C16H22N2O3. The van der Waals surface area contributed by atoms with E-state index in [1.165, 1.54) is 12.8 Å². The van der Waals surface area contributed by atoms with E-state index in [4.69, 9.17) is 5.11 Å². The number of aliphatic carboxylic acids is 1. The number of carboxylic acids is 1. The highest BCUT2D eigenvalue weighted by atomic mass is 16.4. The van der Waals surface area contributed by atoms with Crippen LogP contribution < -0.4 is 5.32 Å². The fourth-order valence-corrected chi connectivity index (χ4v) is 2.18. The molecule has 1 aliphatic carbocycles. The Hall–Kier alpha value is -2.04. The third kappa shape index (κ3) is 4.77. The summed E-state index contributed by atoms with van der Waals surface area (Å²) in [6.07, 6.45) is 2.41. The van der Waals surface area contributed by atoms with Crippen molar-refractivity contribution in [2.45, 2.75) is 39.2 Å².